The number of hydrogen-bond acceptors (Lipinski definition) is 4. The van der Waals surface area contributed by atoms with E-state index in [-0.39, 0.29) is 6.04 Å². The molecule has 0 aliphatic rings. The van der Waals surface area contributed by atoms with Crippen LogP contribution in [0.4, 0.5) is 0 Å². The maximum Gasteiger partial charge on any atom is 0.119 e. The Morgan fingerprint density at radius 1 is 1.31 bits per heavy atom. The molecule has 4 nitrogen and oxygen atoms in total. The fourth-order valence-corrected chi connectivity index (χ4v) is 1.54. The van der Waals surface area contributed by atoms with Crippen LogP contribution in [0.5, 0.6) is 5.75 Å². The van der Waals surface area contributed by atoms with Crippen molar-refractivity contribution in [2.24, 2.45) is 5.73 Å². The molecule has 0 saturated heterocycles. The molecule has 0 fully saturated rings. The van der Waals surface area contributed by atoms with Gasteiger partial charge in [-0.15, -0.1) is 0 Å². The standard InChI is InChI=1S/C12H21N3O/c1-4-16-11-7-5-10(6-8-11)12(9-13)14-15(2)3/h5-8,12,14H,4,9,13H2,1-3H3. The number of nitrogens with one attached hydrogen (secondary N) is 1. The van der Waals surface area contributed by atoms with E-state index >= 15 is 0 Å². The lowest BCUT2D eigenvalue weighted by molar-refractivity contribution is 0.245. The number of ether oxygens (including phenoxy) is 1. The molecule has 16 heavy (non-hydrogen) atoms. The highest BCUT2D eigenvalue weighted by molar-refractivity contribution is 5.29. The largest absolute Gasteiger partial charge is 0.494 e. The normalized spacial score (nSPS) is 12.8. The molecule has 90 valence electrons. The average Bonchev–Trinajstić information content (AvgIpc) is 2.27. The van der Waals surface area contributed by atoms with Gasteiger partial charge in [-0.05, 0) is 24.6 Å². The Kier molecular flexibility index (Phi) is 5.25. The molecule has 4 heteroatoms. The minimum atomic E-state index is 0.144. The summed E-state index contributed by atoms with van der Waals surface area (Å²) in [7, 11) is 3.91. The summed E-state index contributed by atoms with van der Waals surface area (Å²) in [5.41, 5.74) is 10.2. The van der Waals surface area contributed by atoms with E-state index in [1.165, 1.54) is 5.56 Å². The van der Waals surface area contributed by atoms with E-state index in [1.54, 1.807) is 0 Å². The summed E-state index contributed by atoms with van der Waals surface area (Å²) in [6.45, 7) is 3.23. The first kappa shape index (κ1) is 13.0. The summed E-state index contributed by atoms with van der Waals surface area (Å²) in [6, 6.07) is 8.17. The number of nitrogens with zero attached hydrogens (tertiary/aromatic N) is 1. The number of hydrogen-bond donors (Lipinski definition) is 2. The summed E-state index contributed by atoms with van der Waals surface area (Å²) >= 11 is 0. The molecule has 0 heterocycles. The van der Waals surface area contributed by atoms with Crippen molar-refractivity contribution in [1.29, 1.82) is 0 Å². The summed E-state index contributed by atoms with van der Waals surface area (Å²) in [6.07, 6.45) is 0. The maximum atomic E-state index is 5.73. The predicted molar refractivity (Wildman–Crippen MR) is 66.2 cm³/mol. The molecule has 0 saturated carbocycles. The molecule has 0 bridgehead atoms. The lowest BCUT2D eigenvalue weighted by atomic mass is 10.1. The second-order valence-corrected chi connectivity index (χ2v) is 3.81. The fraction of sp³-hybridized carbons (Fsp3) is 0.500. The van der Waals surface area contributed by atoms with Crippen LogP contribution in [0.3, 0.4) is 0 Å². The van der Waals surface area contributed by atoms with Crippen molar-refractivity contribution in [2.75, 3.05) is 27.2 Å². The molecule has 0 spiro atoms. The summed E-state index contributed by atoms with van der Waals surface area (Å²) in [5, 5.41) is 1.91. The van der Waals surface area contributed by atoms with Gasteiger partial charge in [-0.1, -0.05) is 12.1 Å². The van der Waals surface area contributed by atoms with Crippen LogP contribution in [0.2, 0.25) is 0 Å². The molecule has 1 aromatic carbocycles. The van der Waals surface area contributed by atoms with Crippen molar-refractivity contribution in [3.05, 3.63) is 29.8 Å². The summed E-state index contributed by atoms with van der Waals surface area (Å²) in [4.78, 5) is 0. The Morgan fingerprint density at radius 2 is 1.94 bits per heavy atom. The second-order valence-electron chi connectivity index (χ2n) is 3.81. The minimum absolute atomic E-state index is 0.144. The molecule has 3 N–H and O–H groups in total. The molecule has 0 aliphatic heterocycles. The predicted octanol–water partition coefficient (Wildman–Crippen LogP) is 1.15. The highest BCUT2D eigenvalue weighted by Crippen LogP contribution is 2.17. The lowest BCUT2D eigenvalue weighted by Crippen LogP contribution is -2.37. The van der Waals surface area contributed by atoms with E-state index in [9.17, 15) is 0 Å². The number of hydrazine groups is 1. The number of nitrogens with two attached hydrogens (primary N) is 1. The molecule has 0 aromatic heterocycles. The zero-order valence-electron chi connectivity index (χ0n) is 10.2. The monoisotopic (exact) mass is 223 g/mol. The van der Waals surface area contributed by atoms with Gasteiger partial charge in [0.05, 0.1) is 12.6 Å². The van der Waals surface area contributed by atoms with Crippen LogP contribution in [0.1, 0.15) is 18.5 Å². The van der Waals surface area contributed by atoms with E-state index in [4.69, 9.17) is 10.5 Å². The molecule has 1 atom stereocenters. The van der Waals surface area contributed by atoms with E-state index in [2.05, 4.69) is 5.43 Å². The number of benzene rings is 1. The van der Waals surface area contributed by atoms with Crippen LogP contribution < -0.4 is 15.9 Å². The van der Waals surface area contributed by atoms with Gasteiger partial charge in [-0.3, -0.25) is 0 Å². The Morgan fingerprint density at radius 3 is 2.38 bits per heavy atom. The zero-order valence-corrected chi connectivity index (χ0v) is 10.2. The summed E-state index contributed by atoms with van der Waals surface area (Å²) < 4.78 is 5.39. The third kappa shape index (κ3) is 3.81. The van der Waals surface area contributed by atoms with Crippen LogP contribution in [-0.4, -0.2) is 32.3 Å². The van der Waals surface area contributed by atoms with E-state index in [0.717, 1.165) is 5.75 Å². The van der Waals surface area contributed by atoms with Crippen LogP contribution in [-0.2, 0) is 0 Å². The van der Waals surface area contributed by atoms with Crippen molar-refractivity contribution in [2.45, 2.75) is 13.0 Å². The SMILES string of the molecule is CCOc1ccc(C(CN)NN(C)C)cc1. The molecule has 1 unspecified atom stereocenters. The van der Waals surface area contributed by atoms with Gasteiger partial charge >= 0.3 is 0 Å². The third-order valence-corrected chi connectivity index (χ3v) is 2.24. The first-order chi connectivity index (χ1) is 7.67. The highest BCUT2D eigenvalue weighted by atomic mass is 16.5. The van der Waals surface area contributed by atoms with E-state index in [0.29, 0.717) is 13.2 Å². The van der Waals surface area contributed by atoms with Gasteiger partial charge in [0.15, 0.2) is 0 Å². The smallest absolute Gasteiger partial charge is 0.119 e. The van der Waals surface area contributed by atoms with Crippen molar-refractivity contribution < 1.29 is 4.74 Å². The fourth-order valence-electron chi connectivity index (χ4n) is 1.54. The first-order valence-corrected chi connectivity index (χ1v) is 5.53. The Balaban J connectivity index is 2.70. The maximum absolute atomic E-state index is 5.73. The van der Waals surface area contributed by atoms with Gasteiger partial charge in [0.25, 0.3) is 0 Å². The molecular formula is C12H21N3O. The third-order valence-electron chi connectivity index (χ3n) is 2.24. The van der Waals surface area contributed by atoms with Gasteiger partial charge < -0.3 is 10.5 Å². The summed E-state index contributed by atoms with van der Waals surface area (Å²) in [5.74, 6) is 0.895. The van der Waals surface area contributed by atoms with Crippen molar-refractivity contribution in [1.82, 2.24) is 10.4 Å². The van der Waals surface area contributed by atoms with Gasteiger partial charge in [0.1, 0.15) is 5.75 Å². The topological polar surface area (TPSA) is 50.5 Å². The van der Waals surface area contributed by atoms with E-state index < -0.39 is 0 Å². The van der Waals surface area contributed by atoms with E-state index in [1.807, 2.05) is 50.3 Å². The quantitative estimate of drug-likeness (QED) is 0.710. The first-order valence-electron chi connectivity index (χ1n) is 5.53. The number of rotatable bonds is 6. The van der Waals surface area contributed by atoms with Gasteiger partial charge in [0.2, 0.25) is 0 Å². The zero-order chi connectivity index (χ0) is 12.0. The average molecular weight is 223 g/mol. The van der Waals surface area contributed by atoms with Crippen LogP contribution in [0, 0.1) is 0 Å². The molecule has 0 radical (unpaired) electrons. The van der Waals surface area contributed by atoms with Crippen LogP contribution in [0.25, 0.3) is 0 Å². The van der Waals surface area contributed by atoms with Gasteiger partial charge in [0, 0.05) is 20.6 Å². The van der Waals surface area contributed by atoms with Crippen molar-refractivity contribution >= 4 is 0 Å². The minimum Gasteiger partial charge on any atom is -0.494 e. The molecule has 0 amide bonds. The Labute approximate surface area is 97.4 Å². The Bertz CT molecular complexity index is 298. The van der Waals surface area contributed by atoms with Gasteiger partial charge in [-0.2, -0.15) is 0 Å². The molecule has 0 aliphatic carbocycles. The van der Waals surface area contributed by atoms with Crippen LogP contribution in [0.15, 0.2) is 24.3 Å². The van der Waals surface area contributed by atoms with Crippen molar-refractivity contribution in [3.8, 4) is 5.75 Å². The van der Waals surface area contributed by atoms with Crippen molar-refractivity contribution in [3.63, 3.8) is 0 Å². The second kappa shape index (κ2) is 6.48. The van der Waals surface area contributed by atoms with Crippen LogP contribution >= 0.6 is 0 Å². The highest BCUT2D eigenvalue weighted by Gasteiger charge is 2.09. The molecular weight excluding hydrogens is 202 g/mol. The molecule has 1 aromatic rings. The lowest BCUT2D eigenvalue weighted by Gasteiger charge is -2.22. The van der Waals surface area contributed by atoms with Gasteiger partial charge in [-0.25, -0.2) is 10.4 Å². The Hall–Kier alpha value is -1.10. The molecule has 1 rings (SSSR count).